The van der Waals surface area contributed by atoms with Crippen LogP contribution in [0.3, 0.4) is 0 Å². The highest BCUT2D eigenvalue weighted by atomic mass is 19.4. The van der Waals surface area contributed by atoms with Crippen LogP contribution in [0.2, 0.25) is 0 Å². The third-order valence-electron chi connectivity index (χ3n) is 10.7. The van der Waals surface area contributed by atoms with Gasteiger partial charge in [0.25, 0.3) is 11.2 Å². The van der Waals surface area contributed by atoms with Gasteiger partial charge in [-0.1, -0.05) is 0 Å². The van der Waals surface area contributed by atoms with E-state index in [0.29, 0.717) is 0 Å². The van der Waals surface area contributed by atoms with Crippen LogP contribution in [0.25, 0.3) is 0 Å². The Bertz CT molecular complexity index is 1320. The lowest BCUT2D eigenvalue weighted by Gasteiger charge is -2.78. The molecule has 0 heterocycles. The molecule has 0 aromatic rings. The number of halogens is 30. The van der Waals surface area contributed by atoms with Gasteiger partial charge >= 0.3 is 105 Å². The maximum atomic E-state index is 15.4. The van der Waals surface area contributed by atoms with Crippen LogP contribution in [-0.2, 0) is 4.74 Å². The van der Waals surface area contributed by atoms with E-state index >= 15 is 79.0 Å². The molecular weight excluding hydrogens is 826 g/mol. The molecule has 0 radical (unpaired) electrons. The van der Waals surface area contributed by atoms with Crippen molar-refractivity contribution < 1.29 is 136 Å². The number of rotatable bonds is 2. The Morgan fingerprint density at radius 3 is 0.353 bits per heavy atom. The van der Waals surface area contributed by atoms with Crippen LogP contribution >= 0.6 is 0 Å². The van der Waals surface area contributed by atoms with Crippen LogP contribution in [-0.4, -0.2) is 116 Å². The van der Waals surface area contributed by atoms with Crippen molar-refractivity contribution in [2.75, 3.05) is 0 Å². The highest BCUT2D eigenvalue weighted by Gasteiger charge is 3.28. The van der Waals surface area contributed by atoms with Crippen LogP contribution in [0, 0.1) is 0 Å². The molecule has 0 spiro atoms. The van der Waals surface area contributed by atoms with Crippen molar-refractivity contribution in [2.45, 2.75) is 116 Å². The molecule has 8 aliphatic rings. The molecule has 296 valence electrons. The van der Waals surface area contributed by atoms with Gasteiger partial charge in [0.1, 0.15) is 0 Å². The maximum Gasteiger partial charge on any atom is 0.339 e. The molecule has 0 aliphatic heterocycles. The Kier molecular flexibility index (Phi) is 5.63. The smallest absolute Gasteiger partial charge is 0.333 e. The van der Waals surface area contributed by atoms with E-state index in [1.165, 1.54) is 0 Å². The largest absolute Gasteiger partial charge is 0.339 e. The molecule has 51 heavy (non-hydrogen) atoms. The van der Waals surface area contributed by atoms with Gasteiger partial charge in [0.2, 0.25) is 0 Å². The third kappa shape index (κ3) is 2.08. The van der Waals surface area contributed by atoms with Gasteiger partial charge < -0.3 is 4.74 Å². The van der Waals surface area contributed by atoms with E-state index < -0.39 is 116 Å². The summed E-state index contributed by atoms with van der Waals surface area (Å²) in [6, 6.07) is 0. The van der Waals surface area contributed by atoms with Crippen LogP contribution in [0.1, 0.15) is 0 Å². The first-order valence-electron chi connectivity index (χ1n) is 12.1. The lowest BCUT2D eigenvalue weighted by atomic mass is 9.38. The monoisotopic (exact) mass is 826 g/mol. The Hall–Kier alpha value is -2.14. The summed E-state index contributed by atoms with van der Waals surface area (Å²) in [5.41, 5.74) is -74.5. The predicted molar refractivity (Wildman–Crippen MR) is 88.9 cm³/mol. The van der Waals surface area contributed by atoms with E-state index in [1.807, 2.05) is 0 Å². The van der Waals surface area contributed by atoms with Gasteiger partial charge in [0, 0.05) is 0 Å². The van der Waals surface area contributed by atoms with E-state index in [4.69, 9.17) is 0 Å². The summed E-state index contributed by atoms with van der Waals surface area (Å²) in [6.45, 7) is 0. The lowest BCUT2D eigenvalue weighted by molar-refractivity contribution is -0.662. The molecule has 8 bridgehead atoms. The summed E-state index contributed by atoms with van der Waals surface area (Å²) >= 11 is 0. The fourth-order valence-electron chi connectivity index (χ4n) is 8.23. The summed E-state index contributed by atoms with van der Waals surface area (Å²) in [4.78, 5) is 0. The highest BCUT2D eigenvalue weighted by molar-refractivity contribution is 5.58. The number of ether oxygens (including phenoxy) is 1. The minimum atomic E-state index is -9.71. The summed E-state index contributed by atoms with van der Waals surface area (Å²) in [6.07, 6.45) is 0. The molecule has 0 unspecified atom stereocenters. The molecule has 0 aromatic carbocycles. The van der Waals surface area contributed by atoms with Crippen molar-refractivity contribution in [3.05, 3.63) is 0 Å². The van der Waals surface area contributed by atoms with Crippen molar-refractivity contribution in [3.8, 4) is 0 Å². The van der Waals surface area contributed by atoms with Crippen LogP contribution in [0.15, 0.2) is 0 Å². The van der Waals surface area contributed by atoms with Crippen molar-refractivity contribution in [1.82, 2.24) is 0 Å². The van der Waals surface area contributed by atoms with Crippen LogP contribution in [0.5, 0.6) is 0 Å². The Balaban J connectivity index is 1.92. The summed E-state index contributed by atoms with van der Waals surface area (Å²) < 4.78 is 455. The second-order valence-electron chi connectivity index (χ2n) is 12.3. The minimum absolute atomic E-state index is 1.55. The normalized spacial score (nSPS) is 54.7. The average Bonchev–Trinajstić information content (AvgIpc) is 2.92. The third-order valence-corrected chi connectivity index (χ3v) is 10.7. The first-order valence-corrected chi connectivity index (χ1v) is 12.1. The minimum Gasteiger partial charge on any atom is -0.333 e. The number of hydrogen-bond acceptors (Lipinski definition) is 1. The van der Waals surface area contributed by atoms with Gasteiger partial charge in [-0.05, 0) is 0 Å². The summed E-state index contributed by atoms with van der Waals surface area (Å²) in [5, 5.41) is 0. The molecule has 31 heteroatoms. The van der Waals surface area contributed by atoms with E-state index in [9.17, 15) is 52.7 Å². The molecule has 8 saturated carbocycles. The van der Waals surface area contributed by atoms with Crippen molar-refractivity contribution >= 4 is 0 Å². The Morgan fingerprint density at radius 1 is 0.157 bits per heavy atom. The number of hydrogen-bond donors (Lipinski definition) is 0. The molecule has 0 amide bonds. The number of alkyl halides is 30. The molecular formula is C20F30O. The zero-order valence-electron chi connectivity index (χ0n) is 21.7. The second-order valence-corrected chi connectivity index (χ2v) is 12.3. The quantitative estimate of drug-likeness (QED) is 0.254. The van der Waals surface area contributed by atoms with Crippen LogP contribution < -0.4 is 0 Å². The summed E-state index contributed by atoms with van der Waals surface area (Å²) in [5.74, 6) is -112. The maximum absolute atomic E-state index is 15.4. The van der Waals surface area contributed by atoms with E-state index in [0.717, 1.165) is 0 Å². The molecule has 0 N–H and O–H groups in total. The predicted octanol–water partition coefficient (Wildman–Crippen LogP) is 8.44. The fraction of sp³-hybridized carbons (Fsp3) is 1.00. The zero-order chi connectivity index (χ0) is 40.7. The standard InChI is InChI=1S/C20F30O/c21-1-9(27,28)2(22)11(31,32)3(23,10(1,29)30)17(43,44)7(15(1,39)40,16(2,41)42)51-8-18(45,46)4(24)12(33,34)5(25,19(8,47)48)14(37,38)6(26,13(4,35)36)20(8,49)50. The molecule has 0 saturated heterocycles. The Labute approximate surface area is 254 Å². The van der Waals surface area contributed by atoms with E-state index in [1.54, 1.807) is 4.74 Å². The van der Waals surface area contributed by atoms with Crippen LogP contribution in [0.4, 0.5) is 132 Å². The molecule has 8 fully saturated rings. The molecule has 8 rings (SSSR count). The van der Waals surface area contributed by atoms with Gasteiger partial charge in [-0.2, -0.15) is 105 Å². The average molecular weight is 826 g/mol. The molecule has 0 atom stereocenters. The van der Waals surface area contributed by atoms with Gasteiger partial charge in [-0.3, -0.25) is 0 Å². The van der Waals surface area contributed by atoms with E-state index in [2.05, 4.69) is 0 Å². The second kappa shape index (κ2) is 7.44. The van der Waals surface area contributed by atoms with Crippen molar-refractivity contribution in [3.63, 3.8) is 0 Å². The first-order chi connectivity index (χ1) is 21.7. The van der Waals surface area contributed by atoms with Gasteiger partial charge in [-0.25, -0.2) is 26.3 Å². The topological polar surface area (TPSA) is 9.23 Å². The van der Waals surface area contributed by atoms with Gasteiger partial charge in [-0.15, -0.1) is 0 Å². The van der Waals surface area contributed by atoms with Gasteiger partial charge in [0.05, 0.1) is 0 Å². The van der Waals surface area contributed by atoms with Crippen molar-refractivity contribution in [2.24, 2.45) is 0 Å². The molecule has 1 nitrogen and oxygen atoms in total. The molecule has 8 aliphatic carbocycles. The van der Waals surface area contributed by atoms with Gasteiger partial charge in [0.15, 0.2) is 0 Å². The molecule has 0 aromatic heterocycles. The first kappa shape index (κ1) is 38.6. The van der Waals surface area contributed by atoms with E-state index in [-0.39, 0.29) is 0 Å². The Morgan fingerprint density at radius 2 is 0.255 bits per heavy atom. The highest BCUT2D eigenvalue weighted by Crippen LogP contribution is 2.93. The lowest BCUT2D eigenvalue weighted by Crippen LogP contribution is -3.13. The van der Waals surface area contributed by atoms with Crippen molar-refractivity contribution in [1.29, 1.82) is 0 Å². The zero-order valence-corrected chi connectivity index (χ0v) is 21.7. The summed E-state index contributed by atoms with van der Waals surface area (Å²) in [7, 11) is 0. The fourth-order valence-corrected chi connectivity index (χ4v) is 8.23. The SMILES string of the molecule is FC1(F)C2(F)C(F)(F)C3(F)C(F)(F)C1(F)C(F)(F)C(OC14C(F)(F)C5(F)C(F)(F)C(F)(C(F)(F)C(F)(C5(F)F)C1(F)F)C4(F)F)(C2(F)F)C3(F)F.